The van der Waals surface area contributed by atoms with Gasteiger partial charge in [-0.2, -0.15) is 0 Å². The van der Waals surface area contributed by atoms with E-state index < -0.39 is 5.67 Å². The summed E-state index contributed by atoms with van der Waals surface area (Å²) in [5.74, 6) is 0. The van der Waals surface area contributed by atoms with E-state index >= 15 is 0 Å². The average Bonchev–Trinajstić information content (AvgIpc) is 2.02. The van der Waals surface area contributed by atoms with Crippen molar-refractivity contribution in [1.82, 2.24) is 0 Å². The quantitative estimate of drug-likeness (QED) is 0.539. The second-order valence-electron chi connectivity index (χ2n) is 3.92. The van der Waals surface area contributed by atoms with Crippen LogP contribution in [-0.4, -0.2) is 5.67 Å². The van der Waals surface area contributed by atoms with Crippen molar-refractivity contribution in [2.45, 2.75) is 58.5 Å². The number of rotatable bonds is 6. The second kappa shape index (κ2) is 6.11. The van der Waals surface area contributed by atoms with Gasteiger partial charge in [-0.25, -0.2) is 8.78 Å². The van der Waals surface area contributed by atoms with Crippen molar-refractivity contribution in [3.63, 3.8) is 0 Å². The largest absolute Gasteiger partial charge is 0.240 e. The molecule has 0 atom stereocenters. The maximum Gasteiger partial charge on any atom is 0.129 e. The van der Waals surface area contributed by atoms with Crippen LogP contribution in [0.5, 0.6) is 0 Å². The van der Waals surface area contributed by atoms with Crippen molar-refractivity contribution < 1.29 is 8.78 Å². The van der Waals surface area contributed by atoms with Crippen LogP contribution in [0.15, 0.2) is 11.9 Å². The molecule has 2 heteroatoms. The molecule has 0 rings (SSSR count). The van der Waals surface area contributed by atoms with Gasteiger partial charge in [0.2, 0.25) is 0 Å². The van der Waals surface area contributed by atoms with E-state index in [1.54, 1.807) is 0 Å². The van der Waals surface area contributed by atoms with Gasteiger partial charge in [-0.3, -0.25) is 0 Å². The summed E-state index contributed by atoms with van der Waals surface area (Å²) in [5, 5.41) is 0. The molecule has 0 fully saturated rings. The molecule has 0 unspecified atom stereocenters. The molecule has 0 saturated heterocycles. The molecule has 0 amide bonds. The molecule has 0 N–H and O–H groups in total. The van der Waals surface area contributed by atoms with Crippen molar-refractivity contribution in [3.8, 4) is 0 Å². The van der Waals surface area contributed by atoms with Gasteiger partial charge in [0.25, 0.3) is 0 Å². The third-order valence-electron chi connectivity index (χ3n) is 2.19. The average molecular weight is 190 g/mol. The zero-order valence-corrected chi connectivity index (χ0v) is 8.87. The lowest BCUT2D eigenvalue weighted by Crippen LogP contribution is -2.15. The molecule has 0 saturated carbocycles. The minimum atomic E-state index is -1.50. The van der Waals surface area contributed by atoms with Crippen molar-refractivity contribution in [2.75, 3.05) is 0 Å². The molecule has 0 aromatic heterocycles. The van der Waals surface area contributed by atoms with E-state index in [0.717, 1.165) is 25.7 Å². The van der Waals surface area contributed by atoms with Crippen molar-refractivity contribution in [3.05, 3.63) is 11.9 Å². The van der Waals surface area contributed by atoms with Gasteiger partial charge in [-0.05, 0) is 32.3 Å². The molecular formula is C11H20F2. The molecule has 0 aliphatic carbocycles. The number of halogens is 2. The highest BCUT2D eigenvalue weighted by atomic mass is 19.1. The number of allylic oxidation sites excluding steroid dienone is 1. The Bertz CT molecular complexity index is 154. The van der Waals surface area contributed by atoms with Gasteiger partial charge in [0.1, 0.15) is 5.67 Å². The normalized spacial score (nSPS) is 13.5. The first-order chi connectivity index (χ1) is 6.02. The Hall–Kier alpha value is -0.400. The first-order valence-corrected chi connectivity index (χ1v) is 5.01. The summed E-state index contributed by atoms with van der Waals surface area (Å²) in [6, 6.07) is 0. The monoisotopic (exact) mass is 190 g/mol. The Morgan fingerprint density at radius 2 is 1.85 bits per heavy atom. The Labute approximate surface area is 80.0 Å². The van der Waals surface area contributed by atoms with Gasteiger partial charge in [-0.1, -0.05) is 26.2 Å². The van der Waals surface area contributed by atoms with Crippen LogP contribution < -0.4 is 0 Å². The van der Waals surface area contributed by atoms with Crippen LogP contribution in [0.2, 0.25) is 0 Å². The highest BCUT2D eigenvalue weighted by molar-refractivity contribution is 5.10. The maximum atomic E-state index is 13.3. The molecule has 0 nitrogen and oxygen atoms in total. The lowest BCUT2D eigenvalue weighted by Gasteiger charge is -2.17. The molecule has 0 aromatic rings. The highest BCUT2D eigenvalue weighted by Gasteiger charge is 2.21. The summed E-state index contributed by atoms with van der Waals surface area (Å²) in [6.07, 6.45) is 5.20. The Kier molecular flexibility index (Phi) is 5.93. The van der Waals surface area contributed by atoms with E-state index in [0.29, 0.717) is 12.8 Å². The van der Waals surface area contributed by atoms with Gasteiger partial charge < -0.3 is 0 Å². The zero-order chi connectivity index (χ0) is 10.3. The van der Waals surface area contributed by atoms with Crippen molar-refractivity contribution in [1.29, 1.82) is 0 Å². The maximum absolute atomic E-state index is 13.3. The standard InChI is InChI=1S/C11H20F2/c1-4-5-6-7-8-10(9-12)11(2,3)13/h9H,4-8H2,1-3H3. The van der Waals surface area contributed by atoms with Crippen LogP contribution in [0, 0.1) is 0 Å². The Morgan fingerprint density at radius 3 is 2.23 bits per heavy atom. The zero-order valence-electron chi connectivity index (χ0n) is 8.87. The van der Waals surface area contributed by atoms with Crippen LogP contribution in [-0.2, 0) is 0 Å². The molecule has 0 aliphatic heterocycles. The first-order valence-electron chi connectivity index (χ1n) is 5.01. The van der Waals surface area contributed by atoms with E-state index in [4.69, 9.17) is 0 Å². The number of unbranched alkanes of at least 4 members (excludes halogenated alkanes) is 3. The van der Waals surface area contributed by atoms with Crippen molar-refractivity contribution >= 4 is 0 Å². The Morgan fingerprint density at radius 1 is 1.23 bits per heavy atom. The first kappa shape index (κ1) is 12.6. The summed E-state index contributed by atoms with van der Waals surface area (Å²) in [7, 11) is 0. The summed E-state index contributed by atoms with van der Waals surface area (Å²) in [5.41, 5.74) is -1.22. The van der Waals surface area contributed by atoms with Crippen molar-refractivity contribution in [2.24, 2.45) is 0 Å². The van der Waals surface area contributed by atoms with Crippen LogP contribution in [0.4, 0.5) is 8.78 Å². The third kappa shape index (κ3) is 5.78. The lowest BCUT2D eigenvalue weighted by molar-refractivity contribution is 0.256. The van der Waals surface area contributed by atoms with Crippen LogP contribution >= 0.6 is 0 Å². The van der Waals surface area contributed by atoms with E-state index in [2.05, 4.69) is 6.92 Å². The molecule has 0 aliphatic rings. The molecule has 0 radical (unpaired) electrons. The second-order valence-corrected chi connectivity index (χ2v) is 3.92. The van der Waals surface area contributed by atoms with E-state index in [1.807, 2.05) is 0 Å². The summed E-state index contributed by atoms with van der Waals surface area (Å²) >= 11 is 0. The Balaban J connectivity index is 3.76. The fourth-order valence-corrected chi connectivity index (χ4v) is 1.22. The molecular weight excluding hydrogens is 170 g/mol. The fraction of sp³-hybridized carbons (Fsp3) is 0.818. The van der Waals surface area contributed by atoms with Gasteiger partial charge >= 0.3 is 0 Å². The molecule has 0 spiro atoms. The van der Waals surface area contributed by atoms with Crippen LogP contribution in [0.3, 0.4) is 0 Å². The predicted octanol–water partition coefficient (Wildman–Crippen LogP) is 4.56. The molecule has 0 aromatic carbocycles. The molecule has 0 heterocycles. The summed E-state index contributed by atoms with van der Waals surface area (Å²) in [4.78, 5) is 0. The van der Waals surface area contributed by atoms with Crippen LogP contribution in [0.25, 0.3) is 0 Å². The number of hydrogen-bond donors (Lipinski definition) is 0. The topological polar surface area (TPSA) is 0 Å². The fourth-order valence-electron chi connectivity index (χ4n) is 1.22. The molecule has 13 heavy (non-hydrogen) atoms. The minimum absolute atomic E-state index is 0.281. The van der Waals surface area contributed by atoms with Gasteiger partial charge in [0, 0.05) is 0 Å². The molecule has 78 valence electrons. The summed E-state index contributed by atoms with van der Waals surface area (Å²) < 4.78 is 25.5. The van der Waals surface area contributed by atoms with E-state index in [-0.39, 0.29) is 5.57 Å². The highest BCUT2D eigenvalue weighted by Crippen LogP contribution is 2.25. The SMILES string of the molecule is CCCCCCC(=CF)C(C)(C)F. The summed E-state index contributed by atoms with van der Waals surface area (Å²) in [6.45, 7) is 4.92. The number of hydrogen-bond acceptors (Lipinski definition) is 0. The van der Waals surface area contributed by atoms with E-state index in [9.17, 15) is 8.78 Å². The van der Waals surface area contributed by atoms with Crippen LogP contribution in [0.1, 0.15) is 52.9 Å². The van der Waals surface area contributed by atoms with Gasteiger partial charge in [-0.15, -0.1) is 0 Å². The molecule has 0 bridgehead atoms. The van der Waals surface area contributed by atoms with Gasteiger partial charge in [0.15, 0.2) is 0 Å². The lowest BCUT2D eigenvalue weighted by atomic mass is 9.96. The predicted molar refractivity (Wildman–Crippen MR) is 53.1 cm³/mol. The smallest absolute Gasteiger partial charge is 0.129 e. The van der Waals surface area contributed by atoms with E-state index in [1.165, 1.54) is 13.8 Å². The minimum Gasteiger partial charge on any atom is -0.240 e. The third-order valence-corrected chi connectivity index (χ3v) is 2.19. The van der Waals surface area contributed by atoms with Gasteiger partial charge in [0.05, 0.1) is 6.33 Å². The number of alkyl halides is 1.